The van der Waals surface area contributed by atoms with Crippen molar-refractivity contribution in [1.82, 2.24) is 20.0 Å². The fraction of sp³-hybridized carbons (Fsp3) is 0.452. The van der Waals surface area contributed by atoms with E-state index in [1.54, 1.807) is 12.1 Å². The van der Waals surface area contributed by atoms with E-state index in [2.05, 4.69) is 52.8 Å². The maximum atomic E-state index is 13.7. The maximum Gasteiger partial charge on any atom is 0.262 e. The first-order valence-corrected chi connectivity index (χ1v) is 19.2. The van der Waals surface area contributed by atoms with Gasteiger partial charge in [-0.25, -0.2) is 0 Å². The Morgan fingerprint density at radius 2 is 1.47 bits per heavy atom. The molecule has 53 heavy (non-hydrogen) atoms. The molecule has 1 unspecified atom stereocenters. The lowest BCUT2D eigenvalue weighted by molar-refractivity contribution is -0.138. The Labute approximate surface area is 308 Å². The summed E-state index contributed by atoms with van der Waals surface area (Å²) in [5.41, 5.74) is 7.29. The number of amides is 5. The summed E-state index contributed by atoms with van der Waals surface area (Å²) in [6.45, 7) is 5.11. The average Bonchev–Trinajstić information content (AvgIpc) is 3.66. The highest BCUT2D eigenvalue weighted by Gasteiger charge is 2.46. The molecule has 4 heterocycles. The summed E-state index contributed by atoms with van der Waals surface area (Å²) in [6, 6.07) is 18.0. The Kier molecular flexibility index (Phi) is 8.36. The Bertz CT molecular complexity index is 1990. The van der Waals surface area contributed by atoms with Crippen LogP contribution in [0.5, 0.6) is 5.75 Å². The first kappa shape index (κ1) is 33.8. The number of aryl methyl sites for hydroxylation is 1. The fourth-order valence-electron chi connectivity index (χ4n) is 9.87. The molecule has 4 aliphatic heterocycles. The zero-order valence-electron chi connectivity index (χ0n) is 30.0. The van der Waals surface area contributed by atoms with Crippen molar-refractivity contribution >= 4 is 35.2 Å². The number of imide groups is 2. The number of phenols is 1. The number of phenolic OH excluding ortho intramolecular Hbond substituents is 1. The Hall–Kier alpha value is -5.03. The van der Waals surface area contributed by atoms with Crippen LogP contribution in [0.1, 0.15) is 106 Å². The van der Waals surface area contributed by atoms with Gasteiger partial charge >= 0.3 is 0 Å². The number of nitrogens with one attached hydrogen (secondary N) is 2. The molecule has 11 heteroatoms. The number of aromatic hydroxyl groups is 1. The van der Waals surface area contributed by atoms with E-state index in [-0.39, 0.29) is 35.8 Å². The summed E-state index contributed by atoms with van der Waals surface area (Å²) in [7, 11) is 0. The van der Waals surface area contributed by atoms with Crippen LogP contribution in [0.4, 0.5) is 5.69 Å². The van der Waals surface area contributed by atoms with Gasteiger partial charge in [-0.05, 0) is 115 Å². The number of carbonyl (C=O) groups excluding carboxylic acids is 5. The zero-order valence-corrected chi connectivity index (χ0v) is 30.0. The quantitative estimate of drug-likeness (QED) is 0.312. The number of hydrogen-bond donors (Lipinski definition) is 3. The lowest BCUT2D eigenvalue weighted by atomic mass is 9.72. The molecule has 1 saturated carbocycles. The van der Waals surface area contributed by atoms with Gasteiger partial charge in [0.05, 0.1) is 17.2 Å². The summed E-state index contributed by atoms with van der Waals surface area (Å²) in [5, 5.41) is 15.9. The second-order valence-electron chi connectivity index (χ2n) is 16.1. The molecule has 0 aromatic heterocycles. The lowest BCUT2D eigenvalue weighted by Gasteiger charge is -2.47. The van der Waals surface area contributed by atoms with Crippen molar-refractivity contribution in [1.29, 1.82) is 0 Å². The maximum absolute atomic E-state index is 13.7. The zero-order chi connectivity index (χ0) is 36.5. The molecule has 11 nitrogen and oxygen atoms in total. The van der Waals surface area contributed by atoms with Gasteiger partial charge in [0, 0.05) is 56.2 Å². The van der Waals surface area contributed by atoms with Gasteiger partial charge in [-0.2, -0.15) is 0 Å². The van der Waals surface area contributed by atoms with Gasteiger partial charge in [0.15, 0.2) is 0 Å². The smallest absolute Gasteiger partial charge is 0.262 e. The van der Waals surface area contributed by atoms with Gasteiger partial charge in [0.2, 0.25) is 17.7 Å². The van der Waals surface area contributed by atoms with E-state index >= 15 is 0 Å². The van der Waals surface area contributed by atoms with Crippen molar-refractivity contribution in [3.8, 4) is 5.75 Å². The number of likely N-dealkylation sites (tertiary alicyclic amines) is 1. The summed E-state index contributed by atoms with van der Waals surface area (Å²) >= 11 is 0. The van der Waals surface area contributed by atoms with Gasteiger partial charge in [-0.15, -0.1) is 0 Å². The first-order valence-electron chi connectivity index (χ1n) is 19.2. The topological polar surface area (TPSA) is 139 Å². The number of carbonyl (C=O) groups is 5. The van der Waals surface area contributed by atoms with E-state index in [0.29, 0.717) is 42.8 Å². The monoisotopic (exact) mass is 715 g/mol. The molecular formula is C42H45N5O6. The normalized spacial score (nSPS) is 27.2. The molecule has 3 aromatic carbocycles. The number of anilines is 1. The Morgan fingerprint density at radius 1 is 0.792 bits per heavy atom. The molecule has 0 spiro atoms. The van der Waals surface area contributed by atoms with Gasteiger partial charge in [-0.1, -0.05) is 25.1 Å². The number of rotatable bonds is 6. The molecule has 6 aliphatic rings. The molecule has 2 aliphatic carbocycles. The fourth-order valence-corrected chi connectivity index (χ4v) is 9.87. The van der Waals surface area contributed by atoms with Gasteiger partial charge in [0.1, 0.15) is 11.8 Å². The predicted octanol–water partition coefficient (Wildman–Crippen LogP) is 4.70. The molecule has 3 atom stereocenters. The molecule has 2 saturated heterocycles. The van der Waals surface area contributed by atoms with Crippen LogP contribution in [0.15, 0.2) is 54.6 Å². The summed E-state index contributed by atoms with van der Waals surface area (Å²) < 4.78 is 0. The van der Waals surface area contributed by atoms with Crippen LogP contribution < -0.4 is 10.6 Å². The molecular weight excluding hydrogens is 670 g/mol. The van der Waals surface area contributed by atoms with E-state index in [4.69, 9.17) is 0 Å². The highest BCUT2D eigenvalue weighted by atomic mass is 16.3. The molecule has 0 bridgehead atoms. The first-order chi connectivity index (χ1) is 25.6. The van der Waals surface area contributed by atoms with Crippen LogP contribution >= 0.6 is 0 Å². The number of fused-ring (bicyclic) bond motifs is 3. The second-order valence-corrected chi connectivity index (χ2v) is 16.1. The van der Waals surface area contributed by atoms with Crippen LogP contribution in [0.25, 0.3) is 0 Å². The largest absolute Gasteiger partial charge is 0.508 e. The van der Waals surface area contributed by atoms with Crippen LogP contribution in [0.3, 0.4) is 0 Å². The highest BCUT2D eigenvalue weighted by Crippen LogP contribution is 2.42. The van der Waals surface area contributed by atoms with E-state index in [1.165, 1.54) is 16.7 Å². The third-order valence-corrected chi connectivity index (χ3v) is 12.8. The van der Waals surface area contributed by atoms with E-state index in [1.807, 2.05) is 17.0 Å². The average molecular weight is 716 g/mol. The third-order valence-electron chi connectivity index (χ3n) is 12.8. The minimum Gasteiger partial charge on any atom is -0.508 e. The van der Waals surface area contributed by atoms with E-state index < -0.39 is 29.7 Å². The van der Waals surface area contributed by atoms with Crippen molar-refractivity contribution in [2.45, 2.75) is 95.4 Å². The number of piperidine rings is 1. The standard InChI is InChI=1S/C42H45N5O6/c1-23-2-3-26-16-32(48)12-13-33(26)38(23)24-4-8-29(9-5-24)43-30-21-45(22-30)31-10-6-25(7-11-31)40(51)46-19-27-17-34-35(18-28(27)20-46)42(53)47(41(34)52)36-14-15-37(49)44-39(36)50/h4-5,8-9,12-13,16-18,23,25,30-31,36,38,43,48H,2-3,6-7,10-11,14-15,19-22H2,1H3,(H,44,49,50)/t23-,25?,31?,36?,38+/m0/s1. The lowest BCUT2D eigenvalue weighted by Crippen LogP contribution is -2.59. The Morgan fingerprint density at radius 3 is 2.13 bits per heavy atom. The molecule has 3 aromatic rings. The van der Waals surface area contributed by atoms with Crippen LogP contribution in [0.2, 0.25) is 0 Å². The van der Waals surface area contributed by atoms with E-state index in [0.717, 1.165) is 73.3 Å². The Balaban J connectivity index is 0.751. The molecule has 3 N–H and O–H groups in total. The van der Waals surface area contributed by atoms with Crippen LogP contribution in [0, 0.1) is 11.8 Å². The minimum atomic E-state index is -0.993. The predicted molar refractivity (Wildman–Crippen MR) is 196 cm³/mol. The molecule has 9 rings (SSSR count). The molecule has 5 amide bonds. The molecule has 0 radical (unpaired) electrons. The van der Waals surface area contributed by atoms with Gasteiger partial charge in [-0.3, -0.25) is 39.1 Å². The highest BCUT2D eigenvalue weighted by molar-refractivity contribution is 6.23. The number of nitrogens with zero attached hydrogens (tertiary/aromatic N) is 3. The van der Waals surface area contributed by atoms with Crippen LogP contribution in [-0.4, -0.2) is 80.6 Å². The number of benzene rings is 3. The van der Waals surface area contributed by atoms with E-state index in [9.17, 15) is 29.1 Å². The number of hydrogen-bond acceptors (Lipinski definition) is 8. The minimum absolute atomic E-state index is 0.0306. The summed E-state index contributed by atoms with van der Waals surface area (Å²) in [4.78, 5) is 69.7. The molecule has 3 fully saturated rings. The van der Waals surface area contributed by atoms with Crippen molar-refractivity contribution in [2.24, 2.45) is 11.8 Å². The van der Waals surface area contributed by atoms with Crippen LogP contribution in [-0.2, 0) is 33.9 Å². The van der Waals surface area contributed by atoms with Crippen molar-refractivity contribution in [2.75, 3.05) is 18.4 Å². The third kappa shape index (κ3) is 5.99. The van der Waals surface area contributed by atoms with Crippen molar-refractivity contribution in [3.63, 3.8) is 0 Å². The van der Waals surface area contributed by atoms with Crippen molar-refractivity contribution in [3.05, 3.63) is 93.5 Å². The van der Waals surface area contributed by atoms with Gasteiger partial charge in [0.25, 0.3) is 11.8 Å². The summed E-state index contributed by atoms with van der Waals surface area (Å²) in [6.07, 6.45) is 6.01. The second kappa shape index (κ2) is 13.1. The van der Waals surface area contributed by atoms with Gasteiger partial charge < -0.3 is 15.3 Å². The molecule has 274 valence electrons. The summed E-state index contributed by atoms with van der Waals surface area (Å²) in [5.74, 6) is -0.735. The van der Waals surface area contributed by atoms with Crippen molar-refractivity contribution < 1.29 is 29.1 Å². The SMILES string of the molecule is C[C@H]1CCc2cc(O)ccc2[C@H]1c1ccc(NC2CN(C3CCC(C(=O)N4Cc5cc6c(cc5C4)C(=O)N(C4CCC(=O)NC4=O)C6=O)CC3)C2)cc1.